The van der Waals surface area contributed by atoms with Crippen LogP contribution in [0.5, 0.6) is 0 Å². The van der Waals surface area contributed by atoms with Crippen molar-refractivity contribution in [1.29, 1.82) is 0 Å². The van der Waals surface area contributed by atoms with E-state index in [0.29, 0.717) is 31.0 Å². The van der Waals surface area contributed by atoms with E-state index >= 15 is 0 Å². The van der Waals surface area contributed by atoms with E-state index in [-0.39, 0.29) is 5.95 Å². The second-order valence-corrected chi connectivity index (χ2v) is 7.73. The van der Waals surface area contributed by atoms with E-state index in [0.717, 1.165) is 31.2 Å². The van der Waals surface area contributed by atoms with Gasteiger partial charge in [-0.1, -0.05) is 56.5 Å². The highest BCUT2D eigenvalue weighted by Gasteiger charge is 2.41. The van der Waals surface area contributed by atoms with Crippen molar-refractivity contribution in [2.75, 3.05) is 0 Å². The van der Waals surface area contributed by atoms with E-state index in [1.54, 1.807) is 0 Å². The molecular formula is C21H24N5O4-. The van der Waals surface area contributed by atoms with Crippen LogP contribution in [-0.2, 0) is 20.7 Å². The predicted octanol–water partition coefficient (Wildman–Crippen LogP) is 3.27. The molecule has 0 bridgehead atoms. The van der Waals surface area contributed by atoms with E-state index in [1.807, 2.05) is 30.3 Å². The summed E-state index contributed by atoms with van der Waals surface area (Å²) in [5.74, 6) is -1.80. The molecule has 1 spiro atoms. The molecule has 1 N–H and O–H groups in total. The fourth-order valence-corrected chi connectivity index (χ4v) is 4.06. The number of aromatic amines is 1. The molecule has 2 unspecified atom stereocenters. The standard InChI is InChI=1S/C21H25N5O4/c1-2-7-15-10-6-11-21(13-15)29-18(27)17(19(28)30-21)24-26-20-22-16(23-25-20)12-14-8-4-3-5-9-14/h3-5,8-9,15,27H,2,6-7,10-13H2,1H3,(H,22,23,25)/p-1. The third-order valence-electron chi connectivity index (χ3n) is 5.38. The van der Waals surface area contributed by atoms with Crippen LogP contribution in [0.3, 0.4) is 0 Å². The monoisotopic (exact) mass is 410 g/mol. The van der Waals surface area contributed by atoms with E-state index < -0.39 is 23.4 Å². The van der Waals surface area contributed by atoms with E-state index in [4.69, 9.17) is 9.47 Å². The number of carbonyl (C=O) groups excluding carboxylic acids is 1. The van der Waals surface area contributed by atoms with Gasteiger partial charge in [0.25, 0.3) is 5.95 Å². The van der Waals surface area contributed by atoms with Gasteiger partial charge in [0.2, 0.25) is 0 Å². The number of hydrogen-bond donors (Lipinski definition) is 1. The number of ether oxygens (including phenoxy) is 2. The quantitative estimate of drug-likeness (QED) is 0.575. The fourth-order valence-electron chi connectivity index (χ4n) is 4.06. The molecule has 1 fully saturated rings. The first-order chi connectivity index (χ1) is 14.6. The van der Waals surface area contributed by atoms with Gasteiger partial charge in [-0.05, 0) is 24.3 Å². The summed E-state index contributed by atoms with van der Waals surface area (Å²) in [6, 6.07) is 9.75. The number of benzene rings is 1. The largest absolute Gasteiger partial charge is 0.573 e. The number of esters is 1. The number of carbonyl (C=O) groups is 1. The zero-order chi connectivity index (χ0) is 21.0. The minimum absolute atomic E-state index is 0.0231. The number of rotatable bonds is 6. The molecule has 1 aromatic heterocycles. The number of H-pyrrole nitrogens is 1. The molecule has 0 saturated heterocycles. The third-order valence-corrected chi connectivity index (χ3v) is 5.38. The molecule has 30 heavy (non-hydrogen) atoms. The van der Waals surface area contributed by atoms with E-state index in [9.17, 15) is 9.90 Å². The fraction of sp³-hybridized carbons (Fsp3) is 0.476. The molecule has 1 saturated carbocycles. The Balaban J connectivity index is 1.44. The topological polar surface area (TPSA) is 125 Å². The highest BCUT2D eigenvalue weighted by molar-refractivity contribution is 5.89. The number of hydrogen-bond acceptors (Lipinski definition) is 8. The SMILES string of the molecule is CCCC1CCCC2(C1)OC(=O)C(N=Nc1n[nH]c(Cc3ccccc3)n1)=C([O-])O2. The molecular weight excluding hydrogens is 386 g/mol. The summed E-state index contributed by atoms with van der Waals surface area (Å²) in [6.45, 7) is 2.11. The Morgan fingerprint density at radius 1 is 1.27 bits per heavy atom. The van der Waals surface area contributed by atoms with Gasteiger partial charge < -0.3 is 14.6 Å². The molecule has 158 valence electrons. The summed E-state index contributed by atoms with van der Waals surface area (Å²) in [5, 5.41) is 26.7. The number of nitrogens with one attached hydrogen (secondary N) is 1. The lowest BCUT2D eigenvalue weighted by atomic mass is 9.82. The molecule has 1 aromatic carbocycles. The second kappa shape index (κ2) is 8.64. The molecule has 0 amide bonds. The van der Waals surface area contributed by atoms with Gasteiger partial charge >= 0.3 is 5.97 Å². The van der Waals surface area contributed by atoms with Crippen molar-refractivity contribution in [2.45, 2.75) is 57.7 Å². The molecule has 4 rings (SSSR count). The normalized spacial score (nSPS) is 24.3. The first-order valence-corrected chi connectivity index (χ1v) is 10.3. The lowest BCUT2D eigenvalue weighted by Gasteiger charge is -2.47. The van der Waals surface area contributed by atoms with Gasteiger partial charge in [0.05, 0.1) is 5.95 Å². The van der Waals surface area contributed by atoms with E-state index in [1.165, 1.54) is 0 Å². The Bertz CT molecular complexity index is 953. The lowest BCUT2D eigenvalue weighted by Crippen LogP contribution is -2.47. The molecule has 2 atom stereocenters. The maximum Gasteiger partial charge on any atom is 0.362 e. The molecule has 9 nitrogen and oxygen atoms in total. The van der Waals surface area contributed by atoms with Gasteiger partial charge in [-0.2, -0.15) is 4.98 Å². The minimum Gasteiger partial charge on any atom is -0.573 e. The first kappa shape index (κ1) is 20.1. The van der Waals surface area contributed by atoms with Crippen LogP contribution in [0.1, 0.15) is 56.8 Å². The highest BCUT2D eigenvalue weighted by atomic mass is 16.8. The van der Waals surface area contributed by atoms with Crippen LogP contribution in [0.25, 0.3) is 0 Å². The van der Waals surface area contributed by atoms with Gasteiger partial charge in [-0.15, -0.1) is 15.3 Å². The van der Waals surface area contributed by atoms with Crippen molar-refractivity contribution in [3.63, 3.8) is 0 Å². The summed E-state index contributed by atoms with van der Waals surface area (Å²) in [4.78, 5) is 16.7. The van der Waals surface area contributed by atoms with Crippen molar-refractivity contribution < 1.29 is 19.4 Å². The van der Waals surface area contributed by atoms with E-state index in [2.05, 4.69) is 32.3 Å². The minimum atomic E-state index is -1.17. The Morgan fingerprint density at radius 3 is 2.87 bits per heavy atom. The van der Waals surface area contributed by atoms with Crippen LogP contribution in [0.15, 0.2) is 52.2 Å². The molecule has 1 aliphatic heterocycles. The van der Waals surface area contributed by atoms with Crippen LogP contribution >= 0.6 is 0 Å². The lowest BCUT2D eigenvalue weighted by molar-refractivity contribution is -0.403. The van der Waals surface area contributed by atoms with Crippen LogP contribution < -0.4 is 5.11 Å². The first-order valence-electron chi connectivity index (χ1n) is 10.3. The molecule has 2 heterocycles. The van der Waals surface area contributed by atoms with Crippen molar-refractivity contribution in [1.82, 2.24) is 15.2 Å². The predicted molar refractivity (Wildman–Crippen MR) is 104 cm³/mol. The summed E-state index contributed by atoms with van der Waals surface area (Å²) in [7, 11) is 0. The van der Waals surface area contributed by atoms with Crippen LogP contribution in [0.4, 0.5) is 5.95 Å². The number of azo groups is 1. The summed E-state index contributed by atoms with van der Waals surface area (Å²) >= 11 is 0. The Labute approximate surface area is 174 Å². The maximum absolute atomic E-state index is 12.4. The summed E-state index contributed by atoms with van der Waals surface area (Å²) in [5.41, 5.74) is 0.567. The number of aromatic nitrogens is 3. The van der Waals surface area contributed by atoms with Gasteiger partial charge in [0.1, 0.15) is 5.82 Å². The maximum atomic E-state index is 12.4. The molecule has 2 aromatic rings. The van der Waals surface area contributed by atoms with Crippen molar-refractivity contribution in [2.24, 2.45) is 16.1 Å². The summed E-state index contributed by atoms with van der Waals surface area (Å²) in [6.07, 6.45) is 5.55. The van der Waals surface area contributed by atoms with Gasteiger partial charge in [0.15, 0.2) is 11.5 Å². The zero-order valence-corrected chi connectivity index (χ0v) is 16.8. The highest BCUT2D eigenvalue weighted by Crippen LogP contribution is 2.41. The molecule has 1 aliphatic carbocycles. The second-order valence-electron chi connectivity index (χ2n) is 7.73. The molecule has 2 aliphatic rings. The van der Waals surface area contributed by atoms with Gasteiger partial charge in [-0.25, -0.2) is 4.79 Å². The average Bonchev–Trinajstić information content (AvgIpc) is 3.15. The Hall–Kier alpha value is -3.23. The molecule has 9 heteroatoms. The van der Waals surface area contributed by atoms with Gasteiger partial charge in [0, 0.05) is 12.8 Å². The average molecular weight is 410 g/mol. The van der Waals surface area contributed by atoms with Gasteiger partial charge in [-0.3, -0.25) is 5.10 Å². The smallest absolute Gasteiger partial charge is 0.362 e. The van der Waals surface area contributed by atoms with Crippen molar-refractivity contribution in [3.05, 3.63) is 53.4 Å². The van der Waals surface area contributed by atoms with Crippen LogP contribution in [-0.4, -0.2) is 26.9 Å². The third kappa shape index (κ3) is 4.50. The Morgan fingerprint density at radius 2 is 2.10 bits per heavy atom. The molecule has 0 radical (unpaired) electrons. The Kier molecular flexibility index (Phi) is 5.78. The van der Waals surface area contributed by atoms with Crippen LogP contribution in [0, 0.1) is 5.92 Å². The van der Waals surface area contributed by atoms with Crippen molar-refractivity contribution in [3.8, 4) is 0 Å². The van der Waals surface area contributed by atoms with Crippen LogP contribution in [0.2, 0.25) is 0 Å². The number of nitrogens with zero attached hydrogens (tertiary/aromatic N) is 4. The summed E-state index contributed by atoms with van der Waals surface area (Å²) < 4.78 is 11.1. The zero-order valence-electron chi connectivity index (χ0n) is 16.8. The van der Waals surface area contributed by atoms with Crippen molar-refractivity contribution >= 4 is 11.9 Å².